The molecule has 0 atom stereocenters. The van der Waals surface area contributed by atoms with Gasteiger partial charge < -0.3 is 9.88 Å². The number of aryl methyl sites for hydroxylation is 1. The van der Waals surface area contributed by atoms with E-state index >= 15 is 0 Å². The summed E-state index contributed by atoms with van der Waals surface area (Å²) in [5, 5.41) is 3.36. The van der Waals surface area contributed by atoms with E-state index in [4.69, 9.17) is 0 Å². The molecular weight excluding hydrogens is 224 g/mol. The van der Waals surface area contributed by atoms with Gasteiger partial charge in [-0.05, 0) is 18.6 Å². The Labute approximate surface area is 108 Å². The SMILES string of the molecule is Cc1cccnc1Cn1cnc(CNC(C)C)c1. The molecule has 0 fully saturated rings. The smallest absolute Gasteiger partial charge is 0.0953 e. The van der Waals surface area contributed by atoms with Gasteiger partial charge in [-0.3, -0.25) is 4.98 Å². The summed E-state index contributed by atoms with van der Waals surface area (Å²) in [4.78, 5) is 8.78. The van der Waals surface area contributed by atoms with E-state index in [9.17, 15) is 0 Å². The number of aromatic nitrogens is 3. The van der Waals surface area contributed by atoms with Gasteiger partial charge in [-0.25, -0.2) is 4.98 Å². The van der Waals surface area contributed by atoms with Gasteiger partial charge in [-0.2, -0.15) is 0 Å². The summed E-state index contributed by atoms with van der Waals surface area (Å²) in [5.41, 5.74) is 3.38. The van der Waals surface area contributed by atoms with Crippen LogP contribution in [-0.4, -0.2) is 20.6 Å². The molecule has 18 heavy (non-hydrogen) atoms. The van der Waals surface area contributed by atoms with Gasteiger partial charge in [0.15, 0.2) is 0 Å². The van der Waals surface area contributed by atoms with Crippen LogP contribution in [0.5, 0.6) is 0 Å². The average molecular weight is 244 g/mol. The fourth-order valence-electron chi connectivity index (χ4n) is 1.75. The van der Waals surface area contributed by atoms with Crippen LogP contribution in [0.4, 0.5) is 0 Å². The van der Waals surface area contributed by atoms with Crippen molar-refractivity contribution in [3.63, 3.8) is 0 Å². The molecule has 96 valence electrons. The lowest BCUT2D eigenvalue weighted by Crippen LogP contribution is -2.21. The quantitative estimate of drug-likeness (QED) is 0.876. The van der Waals surface area contributed by atoms with Gasteiger partial charge in [0.2, 0.25) is 0 Å². The second kappa shape index (κ2) is 5.78. The number of pyridine rings is 1. The zero-order valence-corrected chi connectivity index (χ0v) is 11.2. The van der Waals surface area contributed by atoms with Gasteiger partial charge in [0.25, 0.3) is 0 Å². The van der Waals surface area contributed by atoms with Crippen LogP contribution in [0.25, 0.3) is 0 Å². The maximum absolute atomic E-state index is 4.39. The number of hydrogen-bond acceptors (Lipinski definition) is 3. The molecule has 0 aliphatic carbocycles. The van der Waals surface area contributed by atoms with E-state index in [1.165, 1.54) is 5.56 Å². The van der Waals surface area contributed by atoms with Crippen molar-refractivity contribution in [2.24, 2.45) is 0 Å². The number of imidazole rings is 1. The first-order valence-electron chi connectivity index (χ1n) is 6.29. The molecule has 0 amide bonds. The molecule has 4 heteroatoms. The Morgan fingerprint density at radius 1 is 1.33 bits per heavy atom. The van der Waals surface area contributed by atoms with Gasteiger partial charge in [0, 0.05) is 25.0 Å². The number of rotatable bonds is 5. The highest BCUT2D eigenvalue weighted by molar-refractivity contribution is 5.18. The Hall–Kier alpha value is -1.68. The highest BCUT2D eigenvalue weighted by Crippen LogP contribution is 2.06. The van der Waals surface area contributed by atoms with Crippen molar-refractivity contribution in [1.29, 1.82) is 0 Å². The molecule has 2 aromatic rings. The van der Waals surface area contributed by atoms with E-state index < -0.39 is 0 Å². The van der Waals surface area contributed by atoms with Crippen LogP contribution in [0.15, 0.2) is 30.9 Å². The highest BCUT2D eigenvalue weighted by atomic mass is 15.1. The van der Waals surface area contributed by atoms with Crippen molar-refractivity contribution in [3.8, 4) is 0 Å². The predicted octanol–water partition coefficient (Wildman–Crippen LogP) is 2.13. The molecule has 1 N–H and O–H groups in total. The Morgan fingerprint density at radius 3 is 2.89 bits per heavy atom. The first kappa shape index (κ1) is 12.8. The van der Waals surface area contributed by atoms with Crippen molar-refractivity contribution in [3.05, 3.63) is 47.8 Å². The maximum atomic E-state index is 4.39. The van der Waals surface area contributed by atoms with E-state index in [1.54, 1.807) is 0 Å². The van der Waals surface area contributed by atoms with Crippen molar-refractivity contribution in [1.82, 2.24) is 19.9 Å². The van der Waals surface area contributed by atoms with Gasteiger partial charge in [-0.1, -0.05) is 19.9 Å². The zero-order chi connectivity index (χ0) is 13.0. The van der Waals surface area contributed by atoms with Crippen LogP contribution in [0, 0.1) is 6.92 Å². The summed E-state index contributed by atoms with van der Waals surface area (Å²) in [6, 6.07) is 4.53. The van der Waals surface area contributed by atoms with Crippen LogP contribution < -0.4 is 5.32 Å². The Balaban J connectivity index is 2.00. The van der Waals surface area contributed by atoms with Gasteiger partial charge in [0.05, 0.1) is 24.3 Å². The number of nitrogens with zero attached hydrogens (tertiary/aromatic N) is 3. The van der Waals surface area contributed by atoms with E-state index in [-0.39, 0.29) is 0 Å². The third kappa shape index (κ3) is 3.40. The summed E-state index contributed by atoms with van der Waals surface area (Å²) >= 11 is 0. The third-order valence-corrected chi connectivity index (χ3v) is 2.83. The summed E-state index contributed by atoms with van der Waals surface area (Å²) in [5.74, 6) is 0. The van der Waals surface area contributed by atoms with Crippen molar-refractivity contribution >= 4 is 0 Å². The monoisotopic (exact) mass is 244 g/mol. The highest BCUT2D eigenvalue weighted by Gasteiger charge is 2.03. The number of hydrogen-bond donors (Lipinski definition) is 1. The van der Waals surface area contributed by atoms with Crippen molar-refractivity contribution < 1.29 is 0 Å². The molecule has 2 rings (SSSR count). The largest absolute Gasteiger partial charge is 0.331 e. The summed E-state index contributed by atoms with van der Waals surface area (Å²) in [6.07, 6.45) is 5.77. The van der Waals surface area contributed by atoms with E-state index in [0.29, 0.717) is 6.04 Å². The predicted molar refractivity (Wildman–Crippen MR) is 72.3 cm³/mol. The van der Waals surface area contributed by atoms with Gasteiger partial charge in [0.1, 0.15) is 0 Å². The van der Waals surface area contributed by atoms with Crippen LogP contribution in [0.3, 0.4) is 0 Å². The first-order chi connectivity index (χ1) is 8.65. The molecule has 0 aliphatic rings. The van der Waals surface area contributed by atoms with E-state index in [0.717, 1.165) is 24.5 Å². The van der Waals surface area contributed by atoms with Gasteiger partial charge >= 0.3 is 0 Å². The first-order valence-corrected chi connectivity index (χ1v) is 6.29. The minimum atomic E-state index is 0.480. The lowest BCUT2D eigenvalue weighted by molar-refractivity contribution is 0.582. The minimum Gasteiger partial charge on any atom is -0.331 e. The minimum absolute atomic E-state index is 0.480. The summed E-state index contributed by atoms with van der Waals surface area (Å²) in [7, 11) is 0. The molecular formula is C14H20N4. The van der Waals surface area contributed by atoms with Crippen LogP contribution >= 0.6 is 0 Å². The zero-order valence-electron chi connectivity index (χ0n) is 11.2. The summed E-state index contributed by atoms with van der Waals surface area (Å²) < 4.78 is 2.08. The third-order valence-electron chi connectivity index (χ3n) is 2.83. The molecule has 0 aromatic carbocycles. The van der Waals surface area contributed by atoms with Crippen LogP contribution in [0.2, 0.25) is 0 Å². The molecule has 2 aromatic heterocycles. The number of nitrogens with one attached hydrogen (secondary N) is 1. The molecule has 0 radical (unpaired) electrons. The average Bonchev–Trinajstić information content (AvgIpc) is 2.77. The van der Waals surface area contributed by atoms with E-state index in [1.807, 2.05) is 18.6 Å². The maximum Gasteiger partial charge on any atom is 0.0953 e. The second-order valence-corrected chi connectivity index (χ2v) is 4.84. The molecule has 0 aliphatic heterocycles. The molecule has 0 spiro atoms. The van der Waals surface area contributed by atoms with Crippen molar-refractivity contribution in [2.75, 3.05) is 0 Å². The van der Waals surface area contributed by atoms with E-state index in [2.05, 4.69) is 52.9 Å². The molecule has 0 bridgehead atoms. The topological polar surface area (TPSA) is 42.7 Å². The molecule has 2 heterocycles. The Bertz CT molecular complexity index is 502. The Kier molecular flexibility index (Phi) is 4.10. The fourth-order valence-corrected chi connectivity index (χ4v) is 1.75. The van der Waals surface area contributed by atoms with Crippen molar-refractivity contribution in [2.45, 2.75) is 39.9 Å². The van der Waals surface area contributed by atoms with Gasteiger partial charge in [-0.15, -0.1) is 0 Å². The Morgan fingerprint density at radius 2 is 2.17 bits per heavy atom. The molecule has 0 saturated heterocycles. The lowest BCUT2D eigenvalue weighted by atomic mass is 10.2. The second-order valence-electron chi connectivity index (χ2n) is 4.84. The fraction of sp³-hybridized carbons (Fsp3) is 0.429. The molecule has 0 saturated carbocycles. The molecule has 4 nitrogen and oxygen atoms in total. The molecule has 0 unspecified atom stereocenters. The normalized spacial score (nSPS) is 11.1. The van der Waals surface area contributed by atoms with Crippen LogP contribution in [-0.2, 0) is 13.1 Å². The van der Waals surface area contributed by atoms with Crippen LogP contribution in [0.1, 0.15) is 30.8 Å². The summed E-state index contributed by atoms with van der Waals surface area (Å²) in [6.45, 7) is 7.94. The standard InChI is InChI=1S/C14H20N4/c1-11(2)16-7-13-8-18(10-17-13)9-14-12(3)5-4-6-15-14/h4-6,8,10-11,16H,7,9H2,1-3H3. The lowest BCUT2D eigenvalue weighted by Gasteiger charge is -2.05.